The smallest absolute Gasteiger partial charge is 0.309 e. The van der Waals surface area contributed by atoms with E-state index in [0.29, 0.717) is 25.3 Å². The molecule has 1 aromatic heterocycles. The Bertz CT molecular complexity index is 1090. The summed E-state index contributed by atoms with van der Waals surface area (Å²) in [6.07, 6.45) is 0. The molecule has 3 aromatic rings. The Labute approximate surface area is 203 Å². The highest BCUT2D eigenvalue weighted by molar-refractivity contribution is 7.10. The number of nitrogens with zero attached hydrogens (tertiary/aromatic N) is 2. The Balaban J connectivity index is 1.38. The fourth-order valence-electron chi connectivity index (χ4n) is 4.36. The number of rotatable bonds is 7. The van der Waals surface area contributed by atoms with Gasteiger partial charge in [-0.05, 0) is 36.1 Å². The first-order valence-electron chi connectivity index (χ1n) is 11.4. The summed E-state index contributed by atoms with van der Waals surface area (Å²) in [4.78, 5) is 30.5. The number of nitrogens with one attached hydrogen (secondary N) is 2. The van der Waals surface area contributed by atoms with Crippen LogP contribution in [0.4, 0.5) is 10.1 Å². The van der Waals surface area contributed by atoms with Gasteiger partial charge in [0.2, 0.25) is 0 Å². The number of carbonyl (C=O) groups is 2. The van der Waals surface area contributed by atoms with Crippen LogP contribution in [0.3, 0.4) is 0 Å². The summed E-state index contributed by atoms with van der Waals surface area (Å²) in [5.74, 6) is -1.51. The fraction of sp³-hybridized carbons (Fsp3) is 0.308. The van der Waals surface area contributed by atoms with Crippen LogP contribution in [0.5, 0.6) is 0 Å². The molecule has 0 unspecified atom stereocenters. The third-order valence-corrected chi connectivity index (χ3v) is 7.01. The van der Waals surface area contributed by atoms with Crippen LogP contribution < -0.4 is 15.5 Å². The minimum absolute atomic E-state index is 0.0753. The van der Waals surface area contributed by atoms with Gasteiger partial charge in [-0.15, -0.1) is 11.3 Å². The molecule has 1 saturated heterocycles. The molecule has 2 amide bonds. The Morgan fingerprint density at radius 2 is 1.65 bits per heavy atom. The van der Waals surface area contributed by atoms with Gasteiger partial charge >= 0.3 is 11.8 Å². The first-order chi connectivity index (χ1) is 16.5. The average Bonchev–Trinajstić information content (AvgIpc) is 3.38. The van der Waals surface area contributed by atoms with Crippen molar-refractivity contribution in [2.75, 3.05) is 31.1 Å². The Morgan fingerprint density at radius 1 is 0.941 bits per heavy atom. The van der Waals surface area contributed by atoms with Gasteiger partial charge in [0.15, 0.2) is 0 Å². The van der Waals surface area contributed by atoms with Gasteiger partial charge in [0.05, 0.1) is 11.7 Å². The molecule has 34 heavy (non-hydrogen) atoms. The highest BCUT2D eigenvalue weighted by Crippen LogP contribution is 2.30. The number of carbonyl (C=O) groups excluding carboxylic acids is 2. The summed E-state index contributed by atoms with van der Waals surface area (Å²) >= 11 is 1.63. The van der Waals surface area contributed by atoms with Gasteiger partial charge in [-0.3, -0.25) is 14.5 Å². The summed E-state index contributed by atoms with van der Waals surface area (Å²) < 4.78 is 14.2. The Hall–Kier alpha value is -3.23. The maximum atomic E-state index is 14.2. The van der Waals surface area contributed by atoms with Gasteiger partial charge in [0.25, 0.3) is 0 Å². The van der Waals surface area contributed by atoms with Crippen LogP contribution in [0, 0.1) is 5.82 Å². The van der Waals surface area contributed by atoms with Gasteiger partial charge in [0, 0.05) is 43.6 Å². The van der Waals surface area contributed by atoms with E-state index in [1.165, 1.54) is 6.07 Å². The first kappa shape index (κ1) is 23.9. The molecule has 0 radical (unpaired) electrons. The largest absolute Gasteiger partial charge is 0.367 e. The molecule has 0 spiro atoms. The predicted molar refractivity (Wildman–Crippen MR) is 133 cm³/mol. The number of piperazine rings is 1. The van der Waals surface area contributed by atoms with E-state index in [1.54, 1.807) is 23.5 Å². The van der Waals surface area contributed by atoms with Crippen LogP contribution >= 0.6 is 11.3 Å². The van der Waals surface area contributed by atoms with Crippen molar-refractivity contribution in [1.82, 2.24) is 15.5 Å². The standard InChI is InChI=1S/C26H29FN4O2S/c1-19(29-26(33)25(32)28-18-20-8-3-2-4-9-20)24(23-12-7-17-34-23)31-15-13-30(14-16-31)22-11-6-5-10-21(22)27/h2-12,17,19,24H,13-16,18H2,1H3,(H,28,32)(H,29,33)/t19-,24+/m1/s1. The minimum Gasteiger partial charge on any atom is -0.367 e. The molecule has 1 aliphatic rings. The van der Waals surface area contributed by atoms with E-state index >= 15 is 0 Å². The summed E-state index contributed by atoms with van der Waals surface area (Å²) in [5.41, 5.74) is 1.55. The molecular formula is C26H29FN4O2S. The molecule has 178 valence electrons. The molecule has 2 heterocycles. The van der Waals surface area contributed by atoms with Gasteiger partial charge in [0.1, 0.15) is 5.82 Å². The Kier molecular flexibility index (Phi) is 7.92. The van der Waals surface area contributed by atoms with Crippen molar-refractivity contribution in [3.63, 3.8) is 0 Å². The number of halogens is 1. The zero-order valence-electron chi connectivity index (χ0n) is 19.1. The lowest BCUT2D eigenvalue weighted by atomic mass is 10.0. The van der Waals surface area contributed by atoms with E-state index in [2.05, 4.69) is 26.5 Å². The third kappa shape index (κ3) is 5.81. The lowest BCUT2D eigenvalue weighted by Crippen LogP contribution is -2.53. The molecule has 8 heteroatoms. The van der Waals surface area contributed by atoms with E-state index in [9.17, 15) is 14.0 Å². The van der Waals surface area contributed by atoms with Crippen LogP contribution in [0.2, 0.25) is 0 Å². The molecule has 1 fully saturated rings. The molecule has 2 aromatic carbocycles. The summed E-state index contributed by atoms with van der Waals surface area (Å²) in [6, 6.07) is 20.0. The fourth-order valence-corrected chi connectivity index (χ4v) is 5.33. The van der Waals surface area contributed by atoms with Crippen LogP contribution in [0.15, 0.2) is 72.1 Å². The third-order valence-electron chi connectivity index (χ3n) is 6.07. The van der Waals surface area contributed by atoms with Crippen molar-refractivity contribution in [3.8, 4) is 0 Å². The van der Waals surface area contributed by atoms with Gasteiger partial charge in [-0.1, -0.05) is 48.5 Å². The molecule has 1 aliphatic heterocycles. The second-order valence-electron chi connectivity index (χ2n) is 8.37. The number of para-hydroxylation sites is 1. The van der Waals surface area contributed by atoms with Gasteiger partial charge in [-0.2, -0.15) is 0 Å². The molecule has 6 nitrogen and oxygen atoms in total. The van der Waals surface area contributed by atoms with E-state index in [0.717, 1.165) is 23.5 Å². The lowest BCUT2D eigenvalue weighted by Gasteiger charge is -2.42. The minimum atomic E-state index is -0.648. The number of hydrogen-bond donors (Lipinski definition) is 2. The van der Waals surface area contributed by atoms with Crippen molar-refractivity contribution >= 4 is 28.8 Å². The SMILES string of the molecule is C[C@@H](NC(=O)C(=O)NCc1ccccc1)[C@@H](c1cccs1)N1CCN(c2ccccc2F)CC1. The van der Waals surface area contributed by atoms with Gasteiger partial charge < -0.3 is 15.5 Å². The lowest BCUT2D eigenvalue weighted by molar-refractivity contribution is -0.140. The Morgan fingerprint density at radius 3 is 2.32 bits per heavy atom. The maximum Gasteiger partial charge on any atom is 0.309 e. The normalized spacial score (nSPS) is 16.0. The van der Waals surface area contributed by atoms with E-state index < -0.39 is 11.8 Å². The maximum absolute atomic E-state index is 14.2. The molecular weight excluding hydrogens is 451 g/mol. The molecule has 2 N–H and O–H groups in total. The van der Waals surface area contributed by atoms with Crippen LogP contribution in [0.25, 0.3) is 0 Å². The van der Waals surface area contributed by atoms with Crippen molar-refractivity contribution in [3.05, 3.63) is 88.4 Å². The summed E-state index contributed by atoms with van der Waals surface area (Å²) in [5, 5.41) is 7.59. The van der Waals surface area contributed by atoms with Crippen molar-refractivity contribution in [2.45, 2.75) is 25.6 Å². The highest BCUT2D eigenvalue weighted by Gasteiger charge is 2.32. The molecule has 0 saturated carbocycles. The topological polar surface area (TPSA) is 64.7 Å². The summed E-state index contributed by atoms with van der Waals surface area (Å²) in [6.45, 7) is 5.03. The number of amides is 2. The number of benzene rings is 2. The van der Waals surface area contributed by atoms with Crippen LogP contribution in [0.1, 0.15) is 23.4 Å². The van der Waals surface area contributed by atoms with Crippen molar-refractivity contribution in [2.24, 2.45) is 0 Å². The number of anilines is 1. The molecule has 2 atom stereocenters. The van der Waals surface area contributed by atoms with Gasteiger partial charge in [-0.25, -0.2) is 4.39 Å². The number of hydrogen-bond acceptors (Lipinski definition) is 5. The quantitative estimate of drug-likeness (QED) is 0.508. The second kappa shape index (κ2) is 11.3. The van der Waals surface area contributed by atoms with E-state index in [4.69, 9.17) is 0 Å². The average molecular weight is 481 g/mol. The second-order valence-corrected chi connectivity index (χ2v) is 9.34. The molecule has 4 rings (SSSR count). The summed E-state index contributed by atoms with van der Waals surface area (Å²) in [7, 11) is 0. The highest BCUT2D eigenvalue weighted by atomic mass is 32.1. The zero-order chi connectivity index (χ0) is 23.9. The van der Waals surface area contributed by atoms with E-state index in [-0.39, 0.29) is 17.9 Å². The number of thiophene rings is 1. The van der Waals surface area contributed by atoms with Crippen LogP contribution in [-0.4, -0.2) is 48.9 Å². The van der Waals surface area contributed by atoms with Crippen molar-refractivity contribution < 1.29 is 14.0 Å². The van der Waals surface area contributed by atoms with Crippen molar-refractivity contribution in [1.29, 1.82) is 0 Å². The zero-order valence-corrected chi connectivity index (χ0v) is 19.9. The monoisotopic (exact) mass is 480 g/mol. The first-order valence-corrected chi connectivity index (χ1v) is 12.3. The predicted octanol–water partition coefficient (Wildman–Crippen LogP) is 3.57. The molecule has 0 bridgehead atoms. The van der Waals surface area contributed by atoms with E-state index in [1.807, 2.05) is 54.8 Å². The van der Waals surface area contributed by atoms with Crippen LogP contribution in [-0.2, 0) is 16.1 Å². The molecule has 0 aliphatic carbocycles.